The van der Waals surface area contributed by atoms with Gasteiger partial charge in [-0.1, -0.05) is 50.7 Å². The molecule has 1 aromatic rings. The molecule has 1 radical (unpaired) electrons. The standard InChI is InChI=1S/C15H23O/c1-3-4-5-6-7-8-13-16-15-11-9-14(2)10-12-15/h9-11H,3-8,13H2,1-2H3. The van der Waals surface area contributed by atoms with Crippen LogP contribution in [0.15, 0.2) is 18.2 Å². The lowest BCUT2D eigenvalue weighted by molar-refractivity contribution is 0.303. The Morgan fingerprint density at radius 1 is 1.06 bits per heavy atom. The van der Waals surface area contributed by atoms with E-state index in [0.717, 1.165) is 18.8 Å². The van der Waals surface area contributed by atoms with Crippen LogP contribution in [-0.2, 0) is 0 Å². The Bertz CT molecular complexity index is 263. The zero-order valence-corrected chi connectivity index (χ0v) is 10.6. The molecular formula is C15H23O. The Hall–Kier alpha value is -0.980. The normalized spacial score (nSPS) is 10.4. The molecule has 0 fully saturated rings. The topological polar surface area (TPSA) is 9.23 Å². The monoisotopic (exact) mass is 219 g/mol. The van der Waals surface area contributed by atoms with Crippen LogP contribution in [0.2, 0.25) is 0 Å². The van der Waals surface area contributed by atoms with Crippen LogP contribution in [-0.4, -0.2) is 6.61 Å². The predicted molar refractivity (Wildman–Crippen MR) is 68.9 cm³/mol. The van der Waals surface area contributed by atoms with Crippen molar-refractivity contribution in [3.05, 3.63) is 29.8 Å². The van der Waals surface area contributed by atoms with Crippen LogP contribution >= 0.6 is 0 Å². The van der Waals surface area contributed by atoms with Crippen molar-refractivity contribution in [1.82, 2.24) is 0 Å². The number of hydrogen-bond acceptors (Lipinski definition) is 1. The second kappa shape index (κ2) is 8.20. The first-order valence-electron chi connectivity index (χ1n) is 6.44. The summed E-state index contributed by atoms with van der Waals surface area (Å²) in [6.07, 6.45) is 7.83. The average molecular weight is 219 g/mol. The van der Waals surface area contributed by atoms with Gasteiger partial charge in [-0.3, -0.25) is 0 Å². The Morgan fingerprint density at radius 3 is 2.50 bits per heavy atom. The van der Waals surface area contributed by atoms with Gasteiger partial charge in [-0.15, -0.1) is 0 Å². The molecule has 0 saturated carbocycles. The SMILES string of the molecule is CCCCCCCCOc1[c]cc(C)cc1. The molecule has 0 unspecified atom stereocenters. The molecule has 0 saturated heterocycles. The maximum absolute atomic E-state index is 5.61. The van der Waals surface area contributed by atoms with Crippen LogP contribution in [0.3, 0.4) is 0 Å². The maximum Gasteiger partial charge on any atom is 0.127 e. The highest BCUT2D eigenvalue weighted by molar-refractivity contribution is 5.24. The highest BCUT2D eigenvalue weighted by atomic mass is 16.5. The molecule has 89 valence electrons. The summed E-state index contributed by atoms with van der Waals surface area (Å²) < 4.78 is 5.61. The third kappa shape index (κ3) is 5.79. The highest BCUT2D eigenvalue weighted by Gasteiger charge is 1.94. The van der Waals surface area contributed by atoms with E-state index in [0.29, 0.717) is 0 Å². The van der Waals surface area contributed by atoms with Gasteiger partial charge in [0.2, 0.25) is 0 Å². The van der Waals surface area contributed by atoms with Crippen molar-refractivity contribution in [3.8, 4) is 5.75 Å². The summed E-state index contributed by atoms with van der Waals surface area (Å²) in [5, 5.41) is 0. The number of rotatable bonds is 8. The lowest BCUT2D eigenvalue weighted by Crippen LogP contribution is -1.97. The minimum Gasteiger partial charge on any atom is -0.493 e. The Kier molecular flexibility index (Phi) is 6.71. The van der Waals surface area contributed by atoms with E-state index in [1.54, 1.807) is 0 Å². The quantitative estimate of drug-likeness (QED) is 0.583. The summed E-state index contributed by atoms with van der Waals surface area (Å²) in [4.78, 5) is 0. The minimum absolute atomic E-state index is 0.825. The second-order valence-corrected chi connectivity index (χ2v) is 4.35. The fourth-order valence-electron chi connectivity index (χ4n) is 1.64. The zero-order chi connectivity index (χ0) is 11.6. The third-order valence-corrected chi connectivity index (χ3v) is 2.70. The van der Waals surface area contributed by atoms with Gasteiger partial charge in [0.1, 0.15) is 5.75 Å². The Balaban J connectivity index is 2.01. The van der Waals surface area contributed by atoms with E-state index >= 15 is 0 Å². The molecule has 0 amide bonds. The van der Waals surface area contributed by atoms with Gasteiger partial charge in [0, 0.05) is 6.07 Å². The van der Waals surface area contributed by atoms with Crippen molar-refractivity contribution in [2.45, 2.75) is 52.4 Å². The first-order valence-corrected chi connectivity index (χ1v) is 6.44. The van der Waals surface area contributed by atoms with E-state index in [1.807, 2.05) is 12.1 Å². The zero-order valence-electron chi connectivity index (χ0n) is 10.6. The summed E-state index contributed by atoms with van der Waals surface area (Å²) in [5.74, 6) is 0.874. The average Bonchev–Trinajstić information content (AvgIpc) is 2.30. The largest absolute Gasteiger partial charge is 0.493 e. The summed E-state index contributed by atoms with van der Waals surface area (Å²) >= 11 is 0. The predicted octanol–water partition coefficient (Wildman–Crippen LogP) is 4.53. The minimum atomic E-state index is 0.825. The molecular weight excluding hydrogens is 196 g/mol. The van der Waals surface area contributed by atoms with Crippen LogP contribution in [0.1, 0.15) is 51.0 Å². The molecule has 0 spiro atoms. The van der Waals surface area contributed by atoms with E-state index in [4.69, 9.17) is 4.74 Å². The van der Waals surface area contributed by atoms with Crippen molar-refractivity contribution in [1.29, 1.82) is 0 Å². The van der Waals surface area contributed by atoms with E-state index < -0.39 is 0 Å². The molecule has 16 heavy (non-hydrogen) atoms. The number of benzene rings is 1. The summed E-state index contributed by atoms with van der Waals surface area (Å²) in [5.41, 5.74) is 1.23. The van der Waals surface area contributed by atoms with Crippen molar-refractivity contribution < 1.29 is 4.74 Å². The molecule has 0 aromatic heterocycles. The van der Waals surface area contributed by atoms with Gasteiger partial charge >= 0.3 is 0 Å². The van der Waals surface area contributed by atoms with Gasteiger partial charge in [0.05, 0.1) is 6.61 Å². The molecule has 0 aliphatic heterocycles. The summed E-state index contributed by atoms with van der Waals surface area (Å²) in [6.45, 7) is 5.13. The fraction of sp³-hybridized carbons (Fsp3) is 0.600. The van der Waals surface area contributed by atoms with Gasteiger partial charge in [-0.2, -0.15) is 0 Å². The molecule has 0 aliphatic rings. The van der Waals surface area contributed by atoms with Gasteiger partial charge in [-0.05, 0) is 25.5 Å². The number of aryl methyl sites for hydroxylation is 1. The van der Waals surface area contributed by atoms with Crippen molar-refractivity contribution in [3.63, 3.8) is 0 Å². The third-order valence-electron chi connectivity index (χ3n) is 2.70. The van der Waals surface area contributed by atoms with Gasteiger partial charge < -0.3 is 4.74 Å². The number of ether oxygens (including phenoxy) is 1. The smallest absolute Gasteiger partial charge is 0.127 e. The lowest BCUT2D eigenvalue weighted by atomic mass is 10.1. The number of unbranched alkanes of at least 4 members (excludes halogenated alkanes) is 5. The van der Waals surface area contributed by atoms with E-state index in [1.165, 1.54) is 37.7 Å². The van der Waals surface area contributed by atoms with E-state index in [-0.39, 0.29) is 0 Å². The first-order chi connectivity index (χ1) is 7.83. The molecule has 0 heterocycles. The highest BCUT2D eigenvalue weighted by Crippen LogP contribution is 2.11. The van der Waals surface area contributed by atoms with Crippen LogP contribution in [0.4, 0.5) is 0 Å². The van der Waals surface area contributed by atoms with Crippen LogP contribution in [0, 0.1) is 13.0 Å². The van der Waals surface area contributed by atoms with Gasteiger partial charge in [0.25, 0.3) is 0 Å². The number of hydrogen-bond donors (Lipinski definition) is 0. The lowest BCUT2D eigenvalue weighted by Gasteiger charge is -2.05. The van der Waals surface area contributed by atoms with E-state index in [2.05, 4.69) is 26.0 Å². The molecule has 1 rings (SSSR count). The molecule has 1 heteroatoms. The molecule has 0 atom stereocenters. The first kappa shape index (κ1) is 13.1. The van der Waals surface area contributed by atoms with Crippen molar-refractivity contribution >= 4 is 0 Å². The molecule has 0 N–H and O–H groups in total. The van der Waals surface area contributed by atoms with Gasteiger partial charge in [0.15, 0.2) is 0 Å². The fourth-order valence-corrected chi connectivity index (χ4v) is 1.64. The van der Waals surface area contributed by atoms with Crippen LogP contribution in [0.25, 0.3) is 0 Å². The van der Waals surface area contributed by atoms with Crippen molar-refractivity contribution in [2.75, 3.05) is 6.61 Å². The Morgan fingerprint density at radius 2 is 1.81 bits per heavy atom. The molecule has 0 bridgehead atoms. The Labute approximate surface area is 99.8 Å². The van der Waals surface area contributed by atoms with Gasteiger partial charge in [-0.25, -0.2) is 0 Å². The molecule has 0 aliphatic carbocycles. The van der Waals surface area contributed by atoms with Crippen LogP contribution in [0.5, 0.6) is 5.75 Å². The van der Waals surface area contributed by atoms with E-state index in [9.17, 15) is 0 Å². The molecule has 1 aromatic carbocycles. The summed E-state index contributed by atoms with van der Waals surface area (Å²) in [6, 6.07) is 9.15. The van der Waals surface area contributed by atoms with Crippen molar-refractivity contribution in [2.24, 2.45) is 0 Å². The summed E-state index contributed by atoms with van der Waals surface area (Å²) in [7, 11) is 0. The second-order valence-electron chi connectivity index (χ2n) is 4.35. The van der Waals surface area contributed by atoms with Crippen LogP contribution < -0.4 is 4.74 Å². The molecule has 1 nitrogen and oxygen atoms in total. The maximum atomic E-state index is 5.61.